The molecule has 0 saturated heterocycles. The Morgan fingerprint density at radius 1 is 1.77 bits per heavy atom. The highest BCUT2D eigenvalue weighted by Gasteiger charge is 2.24. The molecular weight excluding hydrogens is 172 g/mol. The van der Waals surface area contributed by atoms with Crippen molar-refractivity contribution in [2.24, 2.45) is 5.73 Å². The van der Waals surface area contributed by atoms with Crippen LogP contribution in [0.15, 0.2) is 22.8 Å². The quantitative estimate of drug-likeness (QED) is 0.584. The Hall–Kier alpha value is -1.33. The standard InChI is InChI=1S/C8H12N2O3/c1-10-8(12)6(9)7(11)5-3-2-4-13-5/h2-4,6-7,11H,9H2,1H3,(H,10,12)/t6-,7-/m0/s1. The van der Waals surface area contributed by atoms with Crippen molar-refractivity contribution in [3.05, 3.63) is 24.2 Å². The fourth-order valence-corrected chi connectivity index (χ4v) is 0.947. The first-order chi connectivity index (χ1) is 6.16. The van der Waals surface area contributed by atoms with E-state index in [9.17, 15) is 9.90 Å². The summed E-state index contributed by atoms with van der Waals surface area (Å²) in [4.78, 5) is 11.0. The molecule has 72 valence electrons. The second kappa shape index (κ2) is 4.06. The summed E-state index contributed by atoms with van der Waals surface area (Å²) in [7, 11) is 1.46. The summed E-state index contributed by atoms with van der Waals surface area (Å²) in [5.74, 6) is -0.139. The number of hydrogen-bond donors (Lipinski definition) is 3. The van der Waals surface area contributed by atoms with E-state index in [0.29, 0.717) is 0 Å². The highest BCUT2D eigenvalue weighted by atomic mass is 16.4. The van der Waals surface area contributed by atoms with Gasteiger partial charge in [0.1, 0.15) is 17.9 Å². The van der Waals surface area contributed by atoms with E-state index in [0.717, 1.165) is 0 Å². The van der Waals surface area contributed by atoms with Crippen LogP contribution >= 0.6 is 0 Å². The molecule has 1 rings (SSSR count). The summed E-state index contributed by atoms with van der Waals surface area (Å²) in [6, 6.07) is 2.18. The molecule has 13 heavy (non-hydrogen) atoms. The number of aliphatic hydroxyl groups is 1. The molecule has 4 N–H and O–H groups in total. The maximum Gasteiger partial charge on any atom is 0.239 e. The van der Waals surface area contributed by atoms with Gasteiger partial charge in [-0.1, -0.05) is 0 Å². The molecule has 1 heterocycles. The zero-order valence-corrected chi connectivity index (χ0v) is 7.23. The van der Waals surface area contributed by atoms with Crippen molar-refractivity contribution in [2.75, 3.05) is 7.05 Å². The number of likely N-dealkylation sites (N-methyl/N-ethyl adjacent to an activating group) is 1. The van der Waals surface area contributed by atoms with Crippen LogP contribution in [0.3, 0.4) is 0 Å². The Morgan fingerprint density at radius 2 is 2.46 bits per heavy atom. The van der Waals surface area contributed by atoms with Crippen molar-refractivity contribution in [2.45, 2.75) is 12.1 Å². The SMILES string of the molecule is CNC(=O)[C@@H](N)[C@@H](O)c1ccco1. The van der Waals surface area contributed by atoms with Crippen LogP contribution in [-0.2, 0) is 4.79 Å². The van der Waals surface area contributed by atoms with Gasteiger partial charge in [0.25, 0.3) is 0 Å². The summed E-state index contributed by atoms with van der Waals surface area (Å²) in [5.41, 5.74) is 5.44. The number of nitrogens with two attached hydrogens (primary N) is 1. The van der Waals surface area contributed by atoms with Crippen LogP contribution in [0.2, 0.25) is 0 Å². The monoisotopic (exact) mass is 184 g/mol. The molecule has 0 unspecified atom stereocenters. The number of carbonyl (C=O) groups excluding carboxylic acids is 1. The lowest BCUT2D eigenvalue weighted by molar-refractivity contribution is -0.124. The number of furan rings is 1. The van der Waals surface area contributed by atoms with E-state index < -0.39 is 18.1 Å². The molecule has 5 nitrogen and oxygen atoms in total. The first-order valence-corrected chi connectivity index (χ1v) is 3.85. The van der Waals surface area contributed by atoms with Crippen molar-refractivity contribution >= 4 is 5.91 Å². The third-order valence-electron chi connectivity index (χ3n) is 1.72. The van der Waals surface area contributed by atoms with Crippen LogP contribution in [0.1, 0.15) is 11.9 Å². The maximum atomic E-state index is 11.0. The fraction of sp³-hybridized carbons (Fsp3) is 0.375. The van der Waals surface area contributed by atoms with E-state index in [1.165, 1.54) is 13.3 Å². The number of carbonyl (C=O) groups is 1. The van der Waals surface area contributed by atoms with Gasteiger partial charge >= 0.3 is 0 Å². The highest BCUT2D eigenvalue weighted by molar-refractivity contribution is 5.81. The molecule has 0 bridgehead atoms. The zero-order chi connectivity index (χ0) is 9.84. The zero-order valence-electron chi connectivity index (χ0n) is 7.23. The predicted octanol–water partition coefficient (Wildman–Crippen LogP) is -0.614. The van der Waals surface area contributed by atoms with Crippen molar-refractivity contribution < 1.29 is 14.3 Å². The van der Waals surface area contributed by atoms with Crippen molar-refractivity contribution in [3.8, 4) is 0 Å². The summed E-state index contributed by atoms with van der Waals surface area (Å²) in [6.45, 7) is 0. The lowest BCUT2D eigenvalue weighted by Crippen LogP contribution is -2.43. The van der Waals surface area contributed by atoms with Crippen LogP contribution < -0.4 is 11.1 Å². The third kappa shape index (κ3) is 2.07. The number of aliphatic hydroxyl groups excluding tert-OH is 1. The first kappa shape index (κ1) is 9.76. The molecule has 0 aromatic carbocycles. The minimum atomic E-state index is -1.10. The van der Waals surface area contributed by atoms with Gasteiger partial charge in [-0.2, -0.15) is 0 Å². The average Bonchev–Trinajstić information content (AvgIpc) is 2.67. The average molecular weight is 184 g/mol. The number of nitrogens with one attached hydrogen (secondary N) is 1. The van der Waals surface area contributed by atoms with Crippen LogP contribution in [0.4, 0.5) is 0 Å². The van der Waals surface area contributed by atoms with E-state index >= 15 is 0 Å². The van der Waals surface area contributed by atoms with Gasteiger partial charge in [-0.05, 0) is 12.1 Å². The Kier molecular flexibility index (Phi) is 3.05. The highest BCUT2D eigenvalue weighted by Crippen LogP contribution is 2.15. The normalized spacial score (nSPS) is 15.0. The maximum absolute atomic E-state index is 11.0. The van der Waals surface area contributed by atoms with Crippen molar-refractivity contribution in [1.82, 2.24) is 5.32 Å². The summed E-state index contributed by atoms with van der Waals surface area (Å²) in [6.07, 6.45) is 0.310. The predicted molar refractivity (Wildman–Crippen MR) is 45.7 cm³/mol. The van der Waals surface area contributed by atoms with Crippen molar-refractivity contribution in [1.29, 1.82) is 0 Å². The first-order valence-electron chi connectivity index (χ1n) is 3.85. The molecule has 0 radical (unpaired) electrons. The molecule has 0 aliphatic heterocycles. The molecule has 1 amide bonds. The molecule has 0 fully saturated rings. The van der Waals surface area contributed by atoms with Crippen LogP contribution in [0.25, 0.3) is 0 Å². The third-order valence-corrected chi connectivity index (χ3v) is 1.72. The van der Waals surface area contributed by atoms with Gasteiger partial charge in [0.05, 0.1) is 6.26 Å². The van der Waals surface area contributed by atoms with Crippen LogP contribution in [-0.4, -0.2) is 24.1 Å². The fourth-order valence-electron chi connectivity index (χ4n) is 0.947. The van der Waals surface area contributed by atoms with Gasteiger partial charge in [-0.15, -0.1) is 0 Å². The van der Waals surface area contributed by atoms with Crippen LogP contribution in [0.5, 0.6) is 0 Å². The van der Waals surface area contributed by atoms with E-state index in [-0.39, 0.29) is 5.76 Å². The second-order valence-corrected chi connectivity index (χ2v) is 2.60. The number of amides is 1. The minimum absolute atomic E-state index is 0.288. The Morgan fingerprint density at radius 3 is 2.92 bits per heavy atom. The molecule has 0 aliphatic carbocycles. The van der Waals surface area contributed by atoms with Crippen LogP contribution in [0, 0.1) is 0 Å². The molecule has 2 atom stereocenters. The summed E-state index contributed by atoms with van der Waals surface area (Å²) < 4.78 is 4.90. The van der Waals surface area contributed by atoms with Gasteiger partial charge in [0.2, 0.25) is 5.91 Å². The summed E-state index contributed by atoms with van der Waals surface area (Å²) in [5, 5.41) is 11.8. The Balaban J connectivity index is 2.68. The molecular formula is C8H12N2O3. The van der Waals surface area contributed by atoms with E-state index in [4.69, 9.17) is 10.2 Å². The molecule has 0 spiro atoms. The van der Waals surface area contributed by atoms with E-state index in [2.05, 4.69) is 5.32 Å². The molecule has 5 heteroatoms. The van der Waals surface area contributed by atoms with Gasteiger partial charge < -0.3 is 20.6 Å². The van der Waals surface area contributed by atoms with Gasteiger partial charge in [-0.25, -0.2) is 0 Å². The Labute approximate surface area is 75.5 Å². The summed E-state index contributed by atoms with van der Waals surface area (Å²) >= 11 is 0. The smallest absolute Gasteiger partial charge is 0.239 e. The van der Waals surface area contributed by atoms with Gasteiger partial charge in [0.15, 0.2) is 0 Å². The van der Waals surface area contributed by atoms with Gasteiger partial charge in [-0.3, -0.25) is 4.79 Å². The van der Waals surface area contributed by atoms with Gasteiger partial charge in [0, 0.05) is 7.05 Å². The largest absolute Gasteiger partial charge is 0.467 e. The molecule has 0 aliphatic rings. The lowest BCUT2D eigenvalue weighted by Gasteiger charge is -2.14. The lowest BCUT2D eigenvalue weighted by atomic mass is 10.1. The van der Waals surface area contributed by atoms with E-state index in [1.807, 2.05) is 0 Å². The van der Waals surface area contributed by atoms with Crippen molar-refractivity contribution in [3.63, 3.8) is 0 Å². The minimum Gasteiger partial charge on any atom is -0.467 e. The molecule has 0 saturated carbocycles. The Bertz CT molecular complexity index is 271. The molecule has 1 aromatic rings. The number of hydrogen-bond acceptors (Lipinski definition) is 4. The second-order valence-electron chi connectivity index (χ2n) is 2.60. The van der Waals surface area contributed by atoms with E-state index in [1.54, 1.807) is 12.1 Å². The topological polar surface area (TPSA) is 88.5 Å². The molecule has 1 aromatic heterocycles. The number of rotatable bonds is 3.